The van der Waals surface area contributed by atoms with Crippen LogP contribution < -0.4 is 15.8 Å². The molecule has 8 nitrogen and oxygen atoms in total. The second-order valence-electron chi connectivity index (χ2n) is 8.18. The number of nitrogens with zero attached hydrogens (tertiary/aromatic N) is 3. The van der Waals surface area contributed by atoms with Gasteiger partial charge in [0.15, 0.2) is 0 Å². The number of nitrogens with two attached hydrogens (primary N) is 1. The number of ether oxygens (including phenoxy) is 1. The standard InChI is InChI=1S/C25H27ClN6O2/c1-16(26)25(33)32-13-5-6-18(14-32)31-24-21(23(28)29-15-30-24)22(27)17-9-11-20(12-10-17)34-19-7-3-2-4-8-19/h2-4,7-12,15-16,18,27H,5-6,13-14H2,1H3,(H3,28,29,30,31). The summed E-state index contributed by atoms with van der Waals surface area (Å²) in [5.41, 5.74) is 7.45. The first-order valence-corrected chi connectivity index (χ1v) is 11.6. The summed E-state index contributed by atoms with van der Waals surface area (Å²) in [6, 6.07) is 16.7. The SMILES string of the molecule is CC(Cl)C(=O)N1CCCC(Nc2ncnc(N)c2C(=N)c2ccc(Oc3ccccc3)cc2)C1. The van der Waals surface area contributed by atoms with E-state index in [9.17, 15) is 4.79 Å². The number of carbonyl (C=O) groups excluding carboxylic acids is 1. The molecule has 1 fully saturated rings. The highest BCUT2D eigenvalue weighted by Gasteiger charge is 2.27. The van der Waals surface area contributed by atoms with Crippen molar-refractivity contribution in [2.75, 3.05) is 24.1 Å². The van der Waals surface area contributed by atoms with Gasteiger partial charge in [-0.1, -0.05) is 18.2 Å². The predicted molar refractivity (Wildman–Crippen MR) is 134 cm³/mol. The van der Waals surface area contributed by atoms with E-state index >= 15 is 0 Å². The van der Waals surface area contributed by atoms with E-state index < -0.39 is 5.38 Å². The van der Waals surface area contributed by atoms with Gasteiger partial charge in [-0.25, -0.2) is 9.97 Å². The molecule has 0 spiro atoms. The molecule has 1 aliphatic heterocycles. The molecule has 1 aromatic heterocycles. The normalized spacial score (nSPS) is 16.5. The number of alkyl halides is 1. The zero-order chi connectivity index (χ0) is 24.1. The van der Waals surface area contributed by atoms with Crippen molar-refractivity contribution in [3.8, 4) is 11.5 Å². The first-order chi connectivity index (χ1) is 16.4. The van der Waals surface area contributed by atoms with E-state index in [-0.39, 0.29) is 23.5 Å². The number of para-hydroxylation sites is 1. The van der Waals surface area contributed by atoms with Gasteiger partial charge in [0.1, 0.15) is 34.8 Å². The lowest BCUT2D eigenvalue weighted by Gasteiger charge is -2.34. The van der Waals surface area contributed by atoms with Gasteiger partial charge in [-0.15, -0.1) is 11.6 Å². The first-order valence-electron chi connectivity index (χ1n) is 11.1. The number of nitrogens with one attached hydrogen (secondary N) is 2. The van der Waals surface area contributed by atoms with Crippen LogP contribution in [0.25, 0.3) is 0 Å². The fraction of sp³-hybridized carbons (Fsp3) is 0.280. The van der Waals surface area contributed by atoms with Gasteiger partial charge in [-0.3, -0.25) is 10.2 Å². The van der Waals surface area contributed by atoms with Crippen molar-refractivity contribution in [1.29, 1.82) is 5.41 Å². The van der Waals surface area contributed by atoms with Crippen molar-refractivity contribution in [3.63, 3.8) is 0 Å². The summed E-state index contributed by atoms with van der Waals surface area (Å²) in [4.78, 5) is 22.6. The van der Waals surface area contributed by atoms with Crippen molar-refractivity contribution in [1.82, 2.24) is 14.9 Å². The number of hydrogen-bond donors (Lipinski definition) is 3. The minimum atomic E-state index is -0.564. The number of nitrogen functional groups attached to an aromatic ring is 1. The van der Waals surface area contributed by atoms with Gasteiger partial charge >= 0.3 is 0 Å². The minimum Gasteiger partial charge on any atom is -0.457 e. The van der Waals surface area contributed by atoms with E-state index in [4.69, 9.17) is 27.5 Å². The van der Waals surface area contributed by atoms with Gasteiger partial charge in [0.2, 0.25) is 5.91 Å². The predicted octanol–water partition coefficient (Wildman–Crippen LogP) is 4.30. The zero-order valence-corrected chi connectivity index (χ0v) is 19.6. The lowest BCUT2D eigenvalue weighted by molar-refractivity contribution is -0.131. The number of anilines is 2. The Bertz CT molecular complexity index is 1150. The van der Waals surface area contributed by atoms with Crippen LogP contribution in [-0.4, -0.2) is 51.0 Å². The van der Waals surface area contributed by atoms with Crippen LogP contribution in [0.3, 0.4) is 0 Å². The second kappa shape index (κ2) is 10.5. The van der Waals surface area contributed by atoms with Gasteiger partial charge in [0.05, 0.1) is 11.3 Å². The zero-order valence-electron chi connectivity index (χ0n) is 18.9. The van der Waals surface area contributed by atoms with E-state index in [0.717, 1.165) is 18.6 Å². The Balaban J connectivity index is 1.51. The summed E-state index contributed by atoms with van der Waals surface area (Å²) < 4.78 is 5.84. The molecule has 1 saturated heterocycles. The van der Waals surface area contributed by atoms with Crippen molar-refractivity contribution in [2.45, 2.75) is 31.2 Å². The Kier molecular flexibility index (Phi) is 7.27. The summed E-state index contributed by atoms with van der Waals surface area (Å²) in [6.07, 6.45) is 3.09. The van der Waals surface area contributed by atoms with Crippen LogP contribution in [0.5, 0.6) is 11.5 Å². The number of benzene rings is 2. The lowest BCUT2D eigenvalue weighted by atomic mass is 10.0. The molecule has 0 aliphatic carbocycles. The molecule has 4 rings (SSSR count). The number of amides is 1. The summed E-state index contributed by atoms with van der Waals surface area (Å²) >= 11 is 6.00. The third kappa shape index (κ3) is 5.46. The maximum absolute atomic E-state index is 12.3. The molecule has 0 radical (unpaired) electrons. The second-order valence-corrected chi connectivity index (χ2v) is 8.84. The Labute approximate surface area is 203 Å². The molecule has 0 saturated carbocycles. The van der Waals surface area contributed by atoms with Crippen LogP contribution in [0.1, 0.15) is 30.9 Å². The van der Waals surface area contributed by atoms with Crippen molar-refractivity contribution >= 4 is 34.9 Å². The van der Waals surface area contributed by atoms with Crippen LogP contribution in [-0.2, 0) is 4.79 Å². The molecule has 1 aliphatic rings. The van der Waals surface area contributed by atoms with Gasteiger partial charge < -0.3 is 20.7 Å². The van der Waals surface area contributed by atoms with E-state index in [1.165, 1.54) is 6.33 Å². The third-order valence-electron chi connectivity index (χ3n) is 5.66. The highest BCUT2D eigenvalue weighted by molar-refractivity contribution is 6.30. The number of aromatic nitrogens is 2. The van der Waals surface area contributed by atoms with Crippen LogP contribution >= 0.6 is 11.6 Å². The molecule has 176 valence electrons. The molecule has 2 heterocycles. The van der Waals surface area contributed by atoms with Crippen molar-refractivity contribution in [2.24, 2.45) is 0 Å². The number of hydrogen-bond acceptors (Lipinski definition) is 7. The van der Waals surface area contributed by atoms with E-state index in [0.29, 0.717) is 35.8 Å². The highest BCUT2D eigenvalue weighted by atomic mass is 35.5. The molecule has 0 bridgehead atoms. The number of rotatable bonds is 7. The molecule has 4 N–H and O–H groups in total. The van der Waals surface area contributed by atoms with E-state index in [2.05, 4.69) is 15.3 Å². The number of carbonyl (C=O) groups is 1. The fourth-order valence-corrected chi connectivity index (χ4v) is 4.09. The van der Waals surface area contributed by atoms with Crippen LogP contribution in [0.15, 0.2) is 60.9 Å². The first kappa shape index (κ1) is 23.5. The summed E-state index contributed by atoms with van der Waals surface area (Å²) in [5, 5.41) is 11.6. The van der Waals surface area contributed by atoms with Crippen LogP contribution in [0, 0.1) is 5.41 Å². The molecule has 9 heteroatoms. The van der Waals surface area contributed by atoms with Gasteiger partial charge in [0, 0.05) is 24.7 Å². The van der Waals surface area contributed by atoms with Gasteiger partial charge in [-0.2, -0.15) is 0 Å². The molecular formula is C25H27ClN6O2. The van der Waals surface area contributed by atoms with E-state index in [1.807, 2.05) is 42.5 Å². The third-order valence-corrected chi connectivity index (χ3v) is 5.85. The largest absolute Gasteiger partial charge is 0.457 e. The van der Waals surface area contributed by atoms with Crippen LogP contribution in [0.2, 0.25) is 0 Å². The Morgan fingerprint density at radius 2 is 1.88 bits per heavy atom. The summed E-state index contributed by atoms with van der Waals surface area (Å²) in [7, 11) is 0. The quantitative estimate of drug-likeness (QED) is 0.344. The average Bonchev–Trinajstić information content (AvgIpc) is 2.84. The summed E-state index contributed by atoms with van der Waals surface area (Å²) in [5.74, 6) is 2.01. The molecule has 2 atom stereocenters. The van der Waals surface area contributed by atoms with Crippen molar-refractivity contribution < 1.29 is 9.53 Å². The Morgan fingerprint density at radius 1 is 1.18 bits per heavy atom. The number of likely N-dealkylation sites (tertiary alicyclic amines) is 1. The van der Waals surface area contributed by atoms with Gasteiger partial charge in [-0.05, 0) is 56.2 Å². The maximum atomic E-state index is 12.3. The number of halogens is 1. The average molecular weight is 479 g/mol. The molecule has 1 amide bonds. The fourth-order valence-electron chi connectivity index (χ4n) is 3.95. The molecule has 34 heavy (non-hydrogen) atoms. The topological polar surface area (TPSA) is 117 Å². The molecule has 3 aromatic rings. The smallest absolute Gasteiger partial charge is 0.240 e. The Morgan fingerprint density at radius 3 is 2.59 bits per heavy atom. The van der Waals surface area contributed by atoms with E-state index in [1.54, 1.807) is 24.0 Å². The number of piperidine rings is 1. The Hall–Kier alpha value is -3.65. The maximum Gasteiger partial charge on any atom is 0.240 e. The molecule has 2 aromatic carbocycles. The van der Waals surface area contributed by atoms with Crippen molar-refractivity contribution in [3.05, 3.63) is 72.1 Å². The minimum absolute atomic E-state index is 0.0318. The monoisotopic (exact) mass is 478 g/mol. The molecule has 2 unspecified atom stereocenters. The lowest BCUT2D eigenvalue weighted by Crippen LogP contribution is -2.47. The highest BCUT2D eigenvalue weighted by Crippen LogP contribution is 2.26. The van der Waals surface area contributed by atoms with Crippen LogP contribution in [0.4, 0.5) is 11.6 Å². The molecular weight excluding hydrogens is 452 g/mol. The summed E-state index contributed by atoms with van der Waals surface area (Å²) in [6.45, 7) is 2.87. The van der Waals surface area contributed by atoms with Gasteiger partial charge in [0.25, 0.3) is 0 Å².